The molecule has 0 amide bonds. The van der Waals surface area contributed by atoms with Gasteiger partial charge in [0.1, 0.15) is 0 Å². The molecule has 15 heavy (non-hydrogen) atoms. The van der Waals surface area contributed by atoms with E-state index in [2.05, 4.69) is 30.7 Å². The molecule has 0 N–H and O–H groups in total. The highest BCUT2D eigenvalue weighted by Crippen LogP contribution is 2.14. The zero-order valence-corrected chi connectivity index (χ0v) is 11.0. The lowest BCUT2D eigenvalue weighted by Crippen LogP contribution is -2.32. The second-order valence-corrected chi connectivity index (χ2v) is 3.98. The Kier molecular flexibility index (Phi) is 9.73. The standard InChI is InChI=1S/C8H12.C4H9N.C2H6/c1-2-8-6-4-3-5-7-8;1-5-3-2-4-5;1-2/h8H,2-4,6H2,1H3;2-4H2,1H3;1-2H3. The summed E-state index contributed by atoms with van der Waals surface area (Å²) >= 11 is 0. The average Bonchev–Trinajstić information content (AvgIpc) is 2.31. The van der Waals surface area contributed by atoms with Crippen molar-refractivity contribution in [1.29, 1.82) is 0 Å². The first-order chi connectivity index (χ1) is 7.33. The van der Waals surface area contributed by atoms with Crippen LogP contribution in [0.5, 0.6) is 0 Å². The highest BCUT2D eigenvalue weighted by atomic mass is 15.1. The van der Waals surface area contributed by atoms with E-state index in [9.17, 15) is 0 Å². The second-order valence-electron chi connectivity index (χ2n) is 3.98. The lowest BCUT2D eigenvalue weighted by Gasteiger charge is -2.24. The third-order valence-electron chi connectivity index (χ3n) is 2.73. The minimum absolute atomic E-state index is 0.726. The third kappa shape index (κ3) is 7.45. The topological polar surface area (TPSA) is 3.24 Å². The smallest absolute Gasteiger partial charge is 0.0200 e. The quantitative estimate of drug-likeness (QED) is 0.597. The van der Waals surface area contributed by atoms with Crippen molar-refractivity contribution < 1.29 is 0 Å². The molecule has 0 aromatic rings. The summed E-state index contributed by atoms with van der Waals surface area (Å²) in [5, 5.41) is 0. The van der Waals surface area contributed by atoms with Gasteiger partial charge in [0.05, 0.1) is 0 Å². The van der Waals surface area contributed by atoms with Crippen molar-refractivity contribution in [3.63, 3.8) is 0 Å². The Morgan fingerprint density at radius 3 is 2.00 bits per heavy atom. The van der Waals surface area contributed by atoms with Gasteiger partial charge in [-0.2, -0.15) is 0 Å². The normalized spacial score (nSPS) is 23.1. The van der Waals surface area contributed by atoms with Gasteiger partial charge in [0, 0.05) is 12.3 Å². The maximum absolute atomic E-state index is 3.22. The predicted molar refractivity (Wildman–Crippen MR) is 68.9 cm³/mol. The van der Waals surface area contributed by atoms with Gasteiger partial charge in [-0.05, 0) is 45.8 Å². The van der Waals surface area contributed by atoms with Crippen LogP contribution in [0.15, 0.2) is 0 Å². The monoisotopic (exact) mass is 209 g/mol. The van der Waals surface area contributed by atoms with Crippen molar-refractivity contribution in [3.8, 4) is 11.8 Å². The lowest BCUT2D eigenvalue weighted by molar-refractivity contribution is 0.229. The van der Waals surface area contributed by atoms with E-state index >= 15 is 0 Å². The molecule has 2 aliphatic rings. The van der Waals surface area contributed by atoms with Gasteiger partial charge in [-0.1, -0.05) is 26.7 Å². The SMILES string of the molecule is CC.CCC1C#CCCC1.CN1CCC1. The molecule has 1 aliphatic heterocycles. The van der Waals surface area contributed by atoms with Crippen molar-refractivity contribution in [2.75, 3.05) is 20.1 Å². The van der Waals surface area contributed by atoms with E-state index in [0.717, 1.165) is 12.3 Å². The fourth-order valence-corrected chi connectivity index (χ4v) is 1.51. The number of rotatable bonds is 1. The van der Waals surface area contributed by atoms with Crippen molar-refractivity contribution in [3.05, 3.63) is 0 Å². The average molecular weight is 209 g/mol. The number of likely N-dealkylation sites (tertiary alicyclic amines) is 1. The van der Waals surface area contributed by atoms with Crippen LogP contribution < -0.4 is 0 Å². The first kappa shape index (κ1) is 14.5. The van der Waals surface area contributed by atoms with Crippen LogP contribution in [0.2, 0.25) is 0 Å². The molecule has 0 aromatic heterocycles. The van der Waals surface area contributed by atoms with E-state index in [-0.39, 0.29) is 0 Å². The minimum atomic E-state index is 0.726. The third-order valence-corrected chi connectivity index (χ3v) is 2.73. The molecular weight excluding hydrogens is 182 g/mol. The largest absolute Gasteiger partial charge is 0.306 e. The van der Waals surface area contributed by atoms with Crippen LogP contribution in [0.1, 0.15) is 52.9 Å². The molecule has 1 unspecified atom stereocenters. The Balaban J connectivity index is 0.000000241. The lowest BCUT2D eigenvalue weighted by atomic mass is 9.96. The van der Waals surface area contributed by atoms with Crippen LogP contribution in [-0.4, -0.2) is 25.0 Å². The zero-order valence-electron chi connectivity index (χ0n) is 11.0. The van der Waals surface area contributed by atoms with Crippen molar-refractivity contribution in [1.82, 2.24) is 4.90 Å². The first-order valence-electron chi connectivity index (χ1n) is 6.50. The molecule has 0 aromatic carbocycles. The molecule has 1 nitrogen and oxygen atoms in total. The predicted octanol–water partition coefficient (Wildman–Crippen LogP) is 3.55. The van der Waals surface area contributed by atoms with Crippen LogP contribution in [0, 0.1) is 17.8 Å². The van der Waals surface area contributed by atoms with Gasteiger partial charge in [0.25, 0.3) is 0 Å². The minimum Gasteiger partial charge on any atom is -0.306 e. The molecule has 0 bridgehead atoms. The molecular formula is C14H27N. The molecule has 0 radical (unpaired) electrons. The summed E-state index contributed by atoms with van der Waals surface area (Å²) in [4.78, 5) is 2.31. The highest BCUT2D eigenvalue weighted by molar-refractivity contribution is 5.06. The maximum atomic E-state index is 3.22. The van der Waals surface area contributed by atoms with Gasteiger partial charge in [0.2, 0.25) is 0 Å². The van der Waals surface area contributed by atoms with Gasteiger partial charge in [0.15, 0.2) is 0 Å². The molecule has 0 spiro atoms. The van der Waals surface area contributed by atoms with Gasteiger partial charge < -0.3 is 4.90 Å². The molecule has 1 heterocycles. The first-order valence-corrected chi connectivity index (χ1v) is 6.50. The maximum Gasteiger partial charge on any atom is 0.0200 e. The Hall–Kier alpha value is -0.480. The van der Waals surface area contributed by atoms with Crippen LogP contribution in [0.3, 0.4) is 0 Å². The van der Waals surface area contributed by atoms with Gasteiger partial charge in [-0.3, -0.25) is 0 Å². The van der Waals surface area contributed by atoms with Crippen LogP contribution in [-0.2, 0) is 0 Å². The summed E-state index contributed by atoms with van der Waals surface area (Å²) in [7, 11) is 2.14. The molecule has 0 saturated carbocycles. The highest BCUT2D eigenvalue weighted by Gasteiger charge is 2.04. The van der Waals surface area contributed by atoms with Crippen molar-refractivity contribution in [2.24, 2.45) is 5.92 Å². The number of nitrogens with zero attached hydrogens (tertiary/aromatic N) is 1. The Labute approximate surface area is 96.2 Å². The molecule has 1 fully saturated rings. The summed E-state index contributed by atoms with van der Waals surface area (Å²) in [5.41, 5.74) is 0. The van der Waals surface area contributed by atoms with Crippen molar-refractivity contribution >= 4 is 0 Å². The Bertz CT molecular complexity index is 183. The van der Waals surface area contributed by atoms with Crippen LogP contribution in [0.25, 0.3) is 0 Å². The van der Waals surface area contributed by atoms with Crippen molar-refractivity contribution in [2.45, 2.75) is 52.9 Å². The molecule has 1 aliphatic carbocycles. The number of hydrogen-bond acceptors (Lipinski definition) is 1. The molecule has 1 atom stereocenters. The molecule has 88 valence electrons. The van der Waals surface area contributed by atoms with Gasteiger partial charge in [-0.15, -0.1) is 5.92 Å². The van der Waals surface area contributed by atoms with E-state index < -0.39 is 0 Å². The summed E-state index contributed by atoms with van der Waals surface area (Å²) in [6.45, 7) is 8.85. The van der Waals surface area contributed by atoms with Gasteiger partial charge >= 0.3 is 0 Å². The van der Waals surface area contributed by atoms with Crippen LogP contribution >= 0.6 is 0 Å². The fourth-order valence-electron chi connectivity index (χ4n) is 1.51. The fraction of sp³-hybridized carbons (Fsp3) is 0.857. The zero-order chi connectivity index (χ0) is 11.5. The Morgan fingerprint density at radius 2 is 1.80 bits per heavy atom. The Morgan fingerprint density at radius 1 is 1.20 bits per heavy atom. The summed E-state index contributed by atoms with van der Waals surface area (Å²) in [6, 6.07) is 0. The van der Waals surface area contributed by atoms with E-state index in [1.165, 1.54) is 38.8 Å². The molecule has 1 heteroatoms. The van der Waals surface area contributed by atoms with E-state index in [4.69, 9.17) is 0 Å². The van der Waals surface area contributed by atoms with Crippen LogP contribution in [0.4, 0.5) is 0 Å². The van der Waals surface area contributed by atoms with E-state index in [0.29, 0.717) is 0 Å². The van der Waals surface area contributed by atoms with E-state index in [1.807, 2.05) is 13.8 Å². The van der Waals surface area contributed by atoms with E-state index in [1.54, 1.807) is 0 Å². The number of hydrogen-bond donors (Lipinski definition) is 0. The summed E-state index contributed by atoms with van der Waals surface area (Å²) in [6.07, 6.45) is 6.45. The molecule has 1 saturated heterocycles. The summed E-state index contributed by atoms with van der Waals surface area (Å²) < 4.78 is 0. The second kappa shape index (κ2) is 10.1. The summed E-state index contributed by atoms with van der Waals surface area (Å²) in [5.74, 6) is 7.08. The molecule has 2 rings (SSSR count). The van der Waals surface area contributed by atoms with Gasteiger partial charge in [-0.25, -0.2) is 0 Å².